The van der Waals surface area contributed by atoms with E-state index in [1.54, 1.807) is 0 Å². The van der Waals surface area contributed by atoms with E-state index in [-0.39, 0.29) is 12.0 Å². The molecule has 0 fully saturated rings. The van der Waals surface area contributed by atoms with Gasteiger partial charge >= 0.3 is 0 Å². The molecule has 11 aromatic rings. The molecule has 1 aliphatic carbocycles. The number of fused-ring (bicyclic) bond motifs is 7. The van der Waals surface area contributed by atoms with Crippen LogP contribution in [-0.4, -0.2) is 10.6 Å². The highest BCUT2D eigenvalue weighted by Gasteiger charge is 2.32. The summed E-state index contributed by atoms with van der Waals surface area (Å²) in [5, 5.41) is 7.23. The van der Waals surface area contributed by atoms with Gasteiger partial charge in [0.25, 0.3) is 0 Å². The van der Waals surface area contributed by atoms with E-state index in [1.807, 2.05) is 0 Å². The number of furan rings is 1. The summed E-state index contributed by atoms with van der Waals surface area (Å²) in [7, 11) is 0. The molecule has 0 bridgehead atoms. The highest BCUT2D eigenvalue weighted by molar-refractivity contribution is 6.10. The summed E-state index contributed by atoms with van der Waals surface area (Å²) < 4.78 is 9.17. The fraction of sp³-hybridized carbons (Fsp3) is 0.0345. The van der Waals surface area contributed by atoms with Crippen LogP contribution in [0.4, 0.5) is 11.4 Å². The van der Waals surface area contributed by atoms with Gasteiger partial charge in [-0.1, -0.05) is 182 Å². The summed E-state index contributed by atoms with van der Waals surface area (Å²) in [6.45, 7) is 0. The van der Waals surface area contributed by atoms with Crippen LogP contribution in [-0.2, 0) is 0 Å². The van der Waals surface area contributed by atoms with Crippen molar-refractivity contribution in [2.24, 2.45) is 0 Å². The van der Waals surface area contributed by atoms with Crippen LogP contribution in [0.5, 0.6) is 0 Å². The van der Waals surface area contributed by atoms with Crippen molar-refractivity contribution in [2.45, 2.75) is 12.0 Å². The van der Waals surface area contributed by atoms with Gasteiger partial charge in [0.15, 0.2) is 0 Å². The van der Waals surface area contributed by atoms with Gasteiger partial charge in [0.05, 0.1) is 22.8 Å². The van der Waals surface area contributed by atoms with E-state index in [0.29, 0.717) is 0 Å². The van der Waals surface area contributed by atoms with Gasteiger partial charge in [-0.3, -0.25) is 0 Å². The Morgan fingerprint density at radius 3 is 1.93 bits per heavy atom. The quantitative estimate of drug-likeness (QED) is 0.161. The third-order valence-corrected chi connectivity index (χ3v) is 12.6. The monoisotopic (exact) mass is 780 g/mol. The van der Waals surface area contributed by atoms with Gasteiger partial charge in [0.2, 0.25) is 0 Å². The first-order chi connectivity index (χ1) is 30.3. The summed E-state index contributed by atoms with van der Waals surface area (Å²) in [6.07, 6.45) is 9.11. The Morgan fingerprint density at radius 2 is 1.08 bits per heavy atom. The maximum atomic E-state index is 6.73. The third kappa shape index (κ3) is 5.81. The molecule has 2 atom stereocenters. The summed E-state index contributed by atoms with van der Waals surface area (Å²) in [4.78, 5) is 2.56. The van der Waals surface area contributed by atoms with Crippen molar-refractivity contribution < 1.29 is 4.42 Å². The lowest BCUT2D eigenvalue weighted by molar-refractivity contribution is 0.640. The minimum Gasteiger partial charge on any atom is -0.456 e. The molecule has 0 saturated heterocycles. The van der Waals surface area contributed by atoms with E-state index >= 15 is 0 Å². The van der Waals surface area contributed by atoms with Crippen molar-refractivity contribution in [3.05, 3.63) is 236 Å². The van der Waals surface area contributed by atoms with Crippen LogP contribution in [0, 0.1) is 0 Å². The van der Waals surface area contributed by atoms with Crippen molar-refractivity contribution in [2.75, 3.05) is 4.90 Å². The molecule has 61 heavy (non-hydrogen) atoms. The molecule has 9 aromatic carbocycles. The number of hydrogen-bond acceptors (Lipinski definition) is 2. The van der Waals surface area contributed by atoms with Crippen LogP contribution in [0.1, 0.15) is 11.5 Å². The first-order valence-corrected chi connectivity index (χ1v) is 21.1. The first kappa shape index (κ1) is 35.1. The Hall–Kier alpha value is -7.88. The maximum Gasteiger partial charge on any atom is 0.139 e. The van der Waals surface area contributed by atoms with E-state index < -0.39 is 0 Å². The van der Waals surface area contributed by atoms with Crippen LogP contribution >= 0.6 is 0 Å². The Morgan fingerprint density at radius 1 is 0.443 bits per heavy atom. The van der Waals surface area contributed by atoms with Crippen molar-refractivity contribution in [3.8, 4) is 27.9 Å². The molecule has 12 rings (SSSR count). The van der Waals surface area contributed by atoms with Gasteiger partial charge in [-0.25, -0.2) is 0 Å². The molecule has 3 nitrogen and oxygen atoms in total. The zero-order valence-corrected chi connectivity index (χ0v) is 33.4. The number of aromatic nitrogens is 1. The normalized spacial score (nSPS) is 15.1. The van der Waals surface area contributed by atoms with E-state index in [1.165, 1.54) is 43.7 Å². The van der Waals surface area contributed by atoms with Crippen molar-refractivity contribution in [1.82, 2.24) is 4.57 Å². The number of nitrogens with zero attached hydrogens (tertiary/aromatic N) is 2. The fourth-order valence-electron chi connectivity index (χ4n) is 9.83. The first-order valence-electron chi connectivity index (χ1n) is 21.1. The molecule has 0 amide bonds. The minimum absolute atomic E-state index is 0.0285. The Labute approximate surface area is 354 Å². The number of benzene rings is 9. The Balaban J connectivity index is 1.09. The Kier molecular flexibility index (Phi) is 8.31. The standard InChI is InChI=1S/C58H40N2O/c1-2-18-40-37-42(36-35-39(40)17-1)41-19-15-20-43(38-41)59(53-30-10-7-25-48(53)50-27-16-28-51-49-26-8-14-34-57(49)61-58(50)51)52-29-9-3-21-44(52)45-22-4-11-31-54(45)60-55-32-12-5-23-46(55)47-24-6-13-33-56(47)60/h1-38,48,53H. The highest BCUT2D eigenvalue weighted by atomic mass is 16.3. The molecular formula is C58H40N2O. The topological polar surface area (TPSA) is 21.3 Å². The predicted molar refractivity (Wildman–Crippen MR) is 256 cm³/mol. The highest BCUT2D eigenvalue weighted by Crippen LogP contribution is 2.46. The average Bonchev–Trinajstić information content (AvgIpc) is 3.88. The second-order valence-corrected chi connectivity index (χ2v) is 16.0. The van der Waals surface area contributed by atoms with Gasteiger partial charge in [-0.05, 0) is 70.4 Å². The van der Waals surface area contributed by atoms with E-state index in [4.69, 9.17) is 4.42 Å². The van der Waals surface area contributed by atoms with E-state index in [2.05, 4.69) is 240 Å². The number of rotatable bonds is 7. The minimum atomic E-state index is -0.0998. The van der Waals surface area contributed by atoms with Crippen LogP contribution in [0.3, 0.4) is 0 Å². The predicted octanol–water partition coefficient (Wildman–Crippen LogP) is 15.6. The van der Waals surface area contributed by atoms with Gasteiger partial charge in [-0.2, -0.15) is 0 Å². The molecule has 3 heteroatoms. The molecule has 0 aliphatic heterocycles. The molecule has 0 N–H and O–H groups in total. The molecule has 288 valence electrons. The summed E-state index contributed by atoms with van der Waals surface area (Å²) in [6, 6.07) is 74.7. The van der Waals surface area contributed by atoms with Gasteiger partial charge < -0.3 is 13.9 Å². The molecule has 2 aromatic heterocycles. The van der Waals surface area contributed by atoms with Crippen molar-refractivity contribution in [1.29, 1.82) is 0 Å². The molecule has 0 saturated carbocycles. The van der Waals surface area contributed by atoms with Crippen molar-refractivity contribution >= 4 is 65.9 Å². The zero-order valence-electron chi connectivity index (χ0n) is 33.4. The third-order valence-electron chi connectivity index (χ3n) is 12.6. The number of anilines is 2. The van der Waals surface area contributed by atoms with Gasteiger partial charge in [0, 0.05) is 55.5 Å². The largest absolute Gasteiger partial charge is 0.456 e. The van der Waals surface area contributed by atoms with Crippen LogP contribution in [0.25, 0.3) is 82.5 Å². The zero-order chi connectivity index (χ0) is 40.3. The lowest BCUT2D eigenvalue weighted by atomic mass is 9.85. The van der Waals surface area contributed by atoms with E-state index in [0.717, 1.165) is 55.7 Å². The molecule has 0 radical (unpaired) electrons. The number of para-hydroxylation sites is 6. The smallest absolute Gasteiger partial charge is 0.139 e. The summed E-state index contributed by atoms with van der Waals surface area (Å²) in [5.41, 5.74) is 13.4. The maximum absolute atomic E-state index is 6.73. The van der Waals surface area contributed by atoms with Crippen molar-refractivity contribution in [3.63, 3.8) is 0 Å². The SMILES string of the molecule is C1=CC(c2cccc3c2oc2ccccc23)C(N(c2cccc(-c3ccc4ccccc4c3)c2)c2ccccc2-c2ccccc2-n2c3ccccc3c3ccccc32)C=C1. The van der Waals surface area contributed by atoms with Crippen LogP contribution in [0.15, 0.2) is 235 Å². The number of hydrogen-bond donors (Lipinski definition) is 0. The average molecular weight is 781 g/mol. The lowest BCUT2D eigenvalue weighted by Gasteiger charge is -2.39. The van der Waals surface area contributed by atoms with Crippen LogP contribution in [0.2, 0.25) is 0 Å². The Bertz CT molecular complexity index is 3470. The van der Waals surface area contributed by atoms with E-state index in [9.17, 15) is 0 Å². The van der Waals surface area contributed by atoms with Crippen LogP contribution < -0.4 is 4.90 Å². The molecule has 2 heterocycles. The molecule has 1 aliphatic rings. The van der Waals surface area contributed by atoms with Gasteiger partial charge in [0.1, 0.15) is 11.2 Å². The second kappa shape index (κ2) is 14.4. The lowest BCUT2D eigenvalue weighted by Crippen LogP contribution is -2.35. The summed E-state index contributed by atoms with van der Waals surface area (Å²) >= 11 is 0. The summed E-state index contributed by atoms with van der Waals surface area (Å²) in [5.74, 6) is -0.0285. The number of allylic oxidation sites excluding steroid dienone is 2. The fourth-order valence-corrected chi connectivity index (χ4v) is 9.83. The molecule has 2 unspecified atom stereocenters. The second-order valence-electron chi connectivity index (χ2n) is 16.0. The molecular weight excluding hydrogens is 741 g/mol. The molecule has 0 spiro atoms. The van der Waals surface area contributed by atoms with Gasteiger partial charge in [-0.15, -0.1) is 0 Å².